The third-order valence-corrected chi connectivity index (χ3v) is 3.47. The summed E-state index contributed by atoms with van der Waals surface area (Å²) in [4.78, 5) is 9.94. The average Bonchev–Trinajstić information content (AvgIpc) is 2.38. The molecule has 6 heteroatoms. The van der Waals surface area contributed by atoms with Crippen LogP contribution in [0.2, 0.25) is 0 Å². The predicted molar refractivity (Wildman–Crippen MR) is 69.5 cm³/mol. The maximum absolute atomic E-state index is 12.3. The second kappa shape index (κ2) is 9.18. The van der Waals surface area contributed by atoms with Gasteiger partial charge in [0.15, 0.2) is 0 Å². The van der Waals surface area contributed by atoms with E-state index >= 15 is 0 Å². The molecular weight excluding hydrogens is 257 g/mol. The molecule has 0 aromatic rings. The van der Waals surface area contributed by atoms with Crippen molar-refractivity contribution < 1.29 is 18.0 Å². The maximum atomic E-state index is 12.3. The number of hydrogen-bond acceptors (Lipinski definition) is 2. The van der Waals surface area contributed by atoms with E-state index in [1.54, 1.807) is 7.05 Å². The molecule has 3 nitrogen and oxygen atoms in total. The Morgan fingerprint density at radius 1 is 1.26 bits per heavy atom. The predicted octanol–water partition coefficient (Wildman–Crippen LogP) is 2.85. The van der Waals surface area contributed by atoms with Gasteiger partial charge in [-0.15, -0.1) is 0 Å². The van der Waals surface area contributed by atoms with E-state index < -0.39 is 12.1 Å². The lowest BCUT2D eigenvalue weighted by atomic mass is 9.80. The van der Waals surface area contributed by atoms with Gasteiger partial charge in [-0.1, -0.05) is 19.8 Å². The Balaban J connectivity index is 0.000000459. The molecule has 0 aromatic heterocycles. The topological polar surface area (TPSA) is 55.1 Å². The quantitative estimate of drug-likeness (QED) is 0.836. The zero-order valence-corrected chi connectivity index (χ0v) is 11.7. The van der Waals surface area contributed by atoms with E-state index in [9.17, 15) is 18.0 Å². The van der Waals surface area contributed by atoms with E-state index in [1.807, 2.05) is 0 Å². The molecule has 0 atom stereocenters. The van der Waals surface area contributed by atoms with Crippen LogP contribution >= 0.6 is 0 Å². The monoisotopic (exact) mass is 282 g/mol. The van der Waals surface area contributed by atoms with Gasteiger partial charge in [-0.3, -0.25) is 4.79 Å². The fraction of sp³-hybridized carbons (Fsp3) is 0.923. The van der Waals surface area contributed by atoms with Crippen LogP contribution in [-0.4, -0.2) is 25.7 Å². The van der Waals surface area contributed by atoms with Gasteiger partial charge in [0.1, 0.15) is 0 Å². The number of nitrogens with one attached hydrogen (secondary N) is 1. The van der Waals surface area contributed by atoms with Gasteiger partial charge in [-0.05, 0) is 31.6 Å². The normalized spacial score (nSPS) is 23.3. The summed E-state index contributed by atoms with van der Waals surface area (Å²) < 4.78 is 36.8. The summed E-state index contributed by atoms with van der Waals surface area (Å²) in [6, 6.07) is 0. The van der Waals surface area contributed by atoms with E-state index in [0.29, 0.717) is 18.8 Å². The number of amides is 1. The summed E-state index contributed by atoms with van der Waals surface area (Å²) in [5.74, 6) is -0.584. The van der Waals surface area contributed by atoms with Crippen LogP contribution in [0.25, 0.3) is 0 Å². The van der Waals surface area contributed by atoms with Gasteiger partial charge in [0, 0.05) is 7.05 Å². The Bertz CT molecular complexity index is 243. The SMILES string of the molecule is CCCC1CCC(C(F)(F)F)CC1.CNC(=O)CN. The Morgan fingerprint density at radius 2 is 1.79 bits per heavy atom. The highest BCUT2D eigenvalue weighted by Gasteiger charge is 2.41. The van der Waals surface area contributed by atoms with E-state index in [2.05, 4.69) is 12.2 Å². The van der Waals surface area contributed by atoms with E-state index in [0.717, 1.165) is 25.7 Å². The second-order valence-corrected chi connectivity index (χ2v) is 4.93. The first-order valence-electron chi connectivity index (χ1n) is 6.82. The highest BCUT2D eigenvalue weighted by Crippen LogP contribution is 2.40. The lowest BCUT2D eigenvalue weighted by molar-refractivity contribution is -0.184. The minimum atomic E-state index is -3.95. The van der Waals surface area contributed by atoms with Crippen LogP contribution in [0.4, 0.5) is 13.2 Å². The van der Waals surface area contributed by atoms with Crippen LogP contribution in [0.5, 0.6) is 0 Å². The fourth-order valence-corrected chi connectivity index (χ4v) is 2.29. The van der Waals surface area contributed by atoms with Crippen molar-refractivity contribution in [1.82, 2.24) is 5.32 Å². The third kappa shape index (κ3) is 8.08. The van der Waals surface area contributed by atoms with E-state index in [4.69, 9.17) is 5.73 Å². The summed E-state index contributed by atoms with van der Waals surface area (Å²) >= 11 is 0. The van der Waals surface area contributed by atoms with E-state index in [1.165, 1.54) is 0 Å². The number of alkyl halides is 3. The summed E-state index contributed by atoms with van der Waals surface area (Å²) in [5, 5.41) is 2.35. The summed E-state index contributed by atoms with van der Waals surface area (Å²) in [5.41, 5.74) is 4.87. The molecule has 1 rings (SSSR count). The van der Waals surface area contributed by atoms with Crippen LogP contribution < -0.4 is 11.1 Å². The fourth-order valence-electron chi connectivity index (χ4n) is 2.29. The molecule has 0 aliphatic heterocycles. The lowest BCUT2D eigenvalue weighted by Gasteiger charge is -2.29. The number of halogens is 3. The van der Waals surface area contributed by atoms with Gasteiger partial charge in [-0.25, -0.2) is 0 Å². The molecule has 0 aromatic carbocycles. The molecule has 0 heterocycles. The lowest BCUT2D eigenvalue weighted by Crippen LogP contribution is -2.27. The minimum Gasteiger partial charge on any atom is -0.358 e. The zero-order valence-electron chi connectivity index (χ0n) is 11.7. The molecule has 1 fully saturated rings. The van der Waals surface area contributed by atoms with Crippen molar-refractivity contribution in [3.8, 4) is 0 Å². The van der Waals surface area contributed by atoms with Crippen molar-refractivity contribution in [3.05, 3.63) is 0 Å². The number of likely N-dealkylation sites (N-methyl/N-ethyl adjacent to an activating group) is 1. The number of nitrogens with two attached hydrogens (primary N) is 1. The zero-order chi connectivity index (χ0) is 14.9. The van der Waals surface area contributed by atoms with Crippen LogP contribution in [-0.2, 0) is 4.79 Å². The number of rotatable bonds is 3. The standard InChI is InChI=1S/C10H17F3.C3H8N2O/c1-2-3-8-4-6-9(7-5-8)10(11,12)13;1-5-3(6)2-4/h8-9H,2-7H2,1H3;2,4H2,1H3,(H,5,6). The molecule has 0 bridgehead atoms. The Labute approximate surface area is 113 Å². The van der Waals surface area contributed by atoms with Gasteiger partial charge >= 0.3 is 6.18 Å². The first-order valence-corrected chi connectivity index (χ1v) is 6.82. The molecule has 1 aliphatic rings. The van der Waals surface area contributed by atoms with Crippen LogP contribution in [0, 0.1) is 11.8 Å². The molecule has 19 heavy (non-hydrogen) atoms. The molecule has 3 N–H and O–H groups in total. The molecule has 1 aliphatic carbocycles. The Morgan fingerprint density at radius 3 is 2.05 bits per heavy atom. The second-order valence-electron chi connectivity index (χ2n) is 4.93. The minimum absolute atomic E-state index is 0.0799. The maximum Gasteiger partial charge on any atom is 0.391 e. The molecule has 0 saturated heterocycles. The molecule has 114 valence electrons. The Hall–Kier alpha value is -0.780. The first-order chi connectivity index (χ1) is 8.85. The first kappa shape index (κ1) is 18.2. The number of hydrogen-bond donors (Lipinski definition) is 2. The molecule has 1 amide bonds. The number of carbonyl (C=O) groups excluding carboxylic acids is 1. The van der Waals surface area contributed by atoms with Crippen molar-refractivity contribution in [1.29, 1.82) is 0 Å². The molecule has 1 saturated carbocycles. The van der Waals surface area contributed by atoms with Crippen molar-refractivity contribution in [2.75, 3.05) is 13.6 Å². The van der Waals surface area contributed by atoms with Crippen LogP contribution in [0.3, 0.4) is 0 Å². The van der Waals surface area contributed by atoms with Crippen molar-refractivity contribution >= 4 is 5.91 Å². The molecule has 0 radical (unpaired) electrons. The van der Waals surface area contributed by atoms with Gasteiger partial charge in [-0.2, -0.15) is 13.2 Å². The highest BCUT2D eigenvalue weighted by molar-refractivity contribution is 5.77. The van der Waals surface area contributed by atoms with Gasteiger partial charge in [0.05, 0.1) is 12.5 Å². The third-order valence-electron chi connectivity index (χ3n) is 3.47. The van der Waals surface area contributed by atoms with Crippen molar-refractivity contribution in [2.45, 2.75) is 51.6 Å². The van der Waals surface area contributed by atoms with Crippen LogP contribution in [0.15, 0.2) is 0 Å². The number of carbonyl (C=O) groups is 1. The van der Waals surface area contributed by atoms with Gasteiger partial charge in [0.25, 0.3) is 0 Å². The molecule has 0 spiro atoms. The van der Waals surface area contributed by atoms with Gasteiger partial charge in [0.2, 0.25) is 5.91 Å². The Kier molecular flexibility index (Phi) is 8.80. The largest absolute Gasteiger partial charge is 0.391 e. The van der Waals surface area contributed by atoms with Crippen LogP contribution in [0.1, 0.15) is 45.4 Å². The van der Waals surface area contributed by atoms with Crippen molar-refractivity contribution in [3.63, 3.8) is 0 Å². The molecular formula is C13H25F3N2O. The van der Waals surface area contributed by atoms with E-state index in [-0.39, 0.29) is 12.5 Å². The average molecular weight is 282 g/mol. The smallest absolute Gasteiger partial charge is 0.358 e. The highest BCUT2D eigenvalue weighted by atomic mass is 19.4. The van der Waals surface area contributed by atoms with Crippen molar-refractivity contribution in [2.24, 2.45) is 17.6 Å². The molecule has 0 unspecified atom stereocenters. The summed E-state index contributed by atoms with van der Waals surface area (Å²) in [6.07, 6.45) is 0.515. The van der Waals surface area contributed by atoms with Gasteiger partial charge < -0.3 is 11.1 Å². The summed E-state index contributed by atoms with van der Waals surface area (Å²) in [6.45, 7) is 2.17. The summed E-state index contributed by atoms with van der Waals surface area (Å²) in [7, 11) is 1.55.